The molecule has 0 unspecified atom stereocenters. The van der Waals surface area contributed by atoms with E-state index in [1.807, 2.05) is 20.0 Å². The summed E-state index contributed by atoms with van der Waals surface area (Å²) in [5.74, 6) is 1.40. The van der Waals surface area contributed by atoms with Gasteiger partial charge in [0, 0.05) is 18.2 Å². The van der Waals surface area contributed by atoms with Crippen LogP contribution < -0.4 is 10.1 Å². The Balaban J connectivity index is 2.09. The van der Waals surface area contributed by atoms with Gasteiger partial charge in [0.25, 0.3) is 0 Å². The molecule has 0 amide bonds. The summed E-state index contributed by atoms with van der Waals surface area (Å²) in [6.45, 7) is 2.85. The van der Waals surface area contributed by atoms with E-state index in [1.165, 1.54) is 12.1 Å². The lowest BCUT2D eigenvalue weighted by molar-refractivity contribution is 0.265. The van der Waals surface area contributed by atoms with Gasteiger partial charge in [-0.25, -0.2) is 4.39 Å². The van der Waals surface area contributed by atoms with Crippen molar-refractivity contribution in [2.24, 2.45) is 0 Å². The molecule has 108 valence electrons. The van der Waals surface area contributed by atoms with Gasteiger partial charge in [-0.1, -0.05) is 11.6 Å². The van der Waals surface area contributed by atoms with Crippen molar-refractivity contribution in [2.45, 2.75) is 20.1 Å². The summed E-state index contributed by atoms with van der Waals surface area (Å²) in [5, 5.41) is 3.11. The highest BCUT2D eigenvalue weighted by Gasteiger charge is 2.11. The topological polar surface area (TPSA) is 34.4 Å². The normalized spacial score (nSPS) is 10.8. The summed E-state index contributed by atoms with van der Waals surface area (Å²) >= 11 is 8.96. The number of halogens is 3. The highest BCUT2D eigenvalue weighted by atomic mass is 79.9. The molecule has 0 aliphatic rings. The van der Waals surface area contributed by atoms with Crippen LogP contribution in [0.5, 0.6) is 5.75 Å². The number of hydrogen-bond donors (Lipinski definition) is 1. The van der Waals surface area contributed by atoms with Crippen LogP contribution in [0.15, 0.2) is 27.1 Å². The van der Waals surface area contributed by atoms with E-state index in [4.69, 9.17) is 20.8 Å². The van der Waals surface area contributed by atoms with Gasteiger partial charge in [-0.05, 0) is 42.0 Å². The van der Waals surface area contributed by atoms with Crippen LogP contribution in [-0.4, -0.2) is 7.05 Å². The molecule has 1 N–H and O–H groups in total. The molecule has 1 aromatic heterocycles. The van der Waals surface area contributed by atoms with Crippen molar-refractivity contribution in [2.75, 3.05) is 7.05 Å². The van der Waals surface area contributed by atoms with Gasteiger partial charge < -0.3 is 14.5 Å². The van der Waals surface area contributed by atoms with Gasteiger partial charge in [0.15, 0.2) is 0 Å². The molecule has 0 aliphatic carbocycles. The predicted molar refractivity (Wildman–Crippen MR) is 79.7 cm³/mol. The van der Waals surface area contributed by atoms with E-state index in [1.54, 1.807) is 0 Å². The summed E-state index contributed by atoms with van der Waals surface area (Å²) in [6, 6.07) is 4.63. The van der Waals surface area contributed by atoms with Crippen LogP contribution in [0.2, 0.25) is 5.02 Å². The second-order valence-corrected chi connectivity index (χ2v) is 5.57. The fraction of sp³-hybridized carbons (Fsp3) is 0.286. The second kappa shape index (κ2) is 6.61. The molecule has 6 heteroatoms. The van der Waals surface area contributed by atoms with Gasteiger partial charge in [-0.3, -0.25) is 0 Å². The monoisotopic (exact) mass is 361 g/mol. The molecular formula is C14H14BrClFNO2. The van der Waals surface area contributed by atoms with Crippen LogP contribution in [0.25, 0.3) is 0 Å². The molecule has 0 radical (unpaired) electrons. The second-order valence-electron chi connectivity index (χ2n) is 4.31. The van der Waals surface area contributed by atoms with Crippen LogP contribution in [0, 0.1) is 12.7 Å². The Bertz CT molecular complexity index is 615. The van der Waals surface area contributed by atoms with Crippen LogP contribution in [-0.2, 0) is 13.2 Å². The lowest BCUT2D eigenvalue weighted by Crippen LogP contribution is -2.04. The van der Waals surface area contributed by atoms with Crippen LogP contribution in [0.4, 0.5) is 4.39 Å². The Labute approximate surface area is 130 Å². The highest BCUT2D eigenvalue weighted by Crippen LogP contribution is 2.31. The Hall–Kier alpha value is -1.04. The quantitative estimate of drug-likeness (QED) is 0.798. The lowest BCUT2D eigenvalue weighted by Gasteiger charge is -2.07. The number of furan rings is 1. The van der Waals surface area contributed by atoms with Crippen molar-refractivity contribution in [1.82, 2.24) is 5.32 Å². The third-order valence-electron chi connectivity index (χ3n) is 2.78. The lowest BCUT2D eigenvalue weighted by atomic mass is 10.2. The molecule has 1 aromatic carbocycles. The number of nitrogens with one attached hydrogen (secondary N) is 1. The van der Waals surface area contributed by atoms with E-state index < -0.39 is 5.82 Å². The van der Waals surface area contributed by atoms with Gasteiger partial charge in [-0.2, -0.15) is 0 Å². The molecule has 3 nitrogen and oxygen atoms in total. The SMILES string of the molecule is CNCc1cc(COc2cc(F)c(Cl)cc2Br)oc1C. The predicted octanol–water partition coefficient (Wildman–Crippen LogP) is 4.44. The molecule has 0 bridgehead atoms. The van der Waals surface area contributed by atoms with E-state index in [0.717, 1.165) is 17.9 Å². The number of benzene rings is 1. The summed E-state index contributed by atoms with van der Waals surface area (Å²) in [6.07, 6.45) is 0. The summed E-state index contributed by atoms with van der Waals surface area (Å²) in [7, 11) is 1.87. The first kappa shape index (κ1) is 15.4. The third-order valence-corrected chi connectivity index (χ3v) is 3.69. The Morgan fingerprint density at radius 1 is 1.40 bits per heavy atom. The Morgan fingerprint density at radius 3 is 2.85 bits per heavy atom. The maximum absolute atomic E-state index is 13.4. The van der Waals surface area contributed by atoms with Gasteiger partial charge in [0.1, 0.15) is 29.7 Å². The minimum absolute atomic E-state index is 0.0503. The van der Waals surface area contributed by atoms with E-state index in [0.29, 0.717) is 16.0 Å². The molecule has 0 fully saturated rings. The third kappa shape index (κ3) is 3.53. The molecule has 2 rings (SSSR count). The summed E-state index contributed by atoms with van der Waals surface area (Å²) in [5.41, 5.74) is 1.08. The van der Waals surface area contributed by atoms with Crippen molar-refractivity contribution in [3.05, 3.63) is 50.6 Å². The standard InChI is InChI=1S/C14H14BrClFNO2/c1-8-9(6-18-2)3-10(20-8)7-19-14-5-13(17)12(16)4-11(14)15/h3-5,18H,6-7H2,1-2H3. The first-order chi connectivity index (χ1) is 9.51. The minimum atomic E-state index is -0.517. The van der Waals surface area contributed by atoms with Crippen LogP contribution in [0.1, 0.15) is 17.1 Å². The maximum atomic E-state index is 13.4. The highest BCUT2D eigenvalue weighted by molar-refractivity contribution is 9.10. The van der Waals surface area contributed by atoms with Gasteiger partial charge in [0.2, 0.25) is 0 Å². The van der Waals surface area contributed by atoms with E-state index >= 15 is 0 Å². The van der Waals surface area contributed by atoms with Crippen molar-refractivity contribution >= 4 is 27.5 Å². The zero-order valence-corrected chi connectivity index (χ0v) is 13.4. The van der Waals surface area contributed by atoms with E-state index in [2.05, 4.69) is 21.2 Å². The number of aryl methyl sites for hydroxylation is 1. The maximum Gasteiger partial charge on any atom is 0.146 e. The zero-order valence-electron chi connectivity index (χ0n) is 11.1. The molecule has 0 saturated carbocycles. The van der Waals surface area contributed by atoms with Crippen molar-refractivity contribution in [1.29, 1.82) is 0 Å². The Kier molecular flexibility index (Phi) is 5.07. The molecule has 0 atom stereocenters. The average molecular weight is 363 g/mol. The molecule has 1 heterocycles. The first-order valence-corrected chi connectivity index (χ1v) is 7.18. The smallest absolute Gasteiger partial charge is 0.146 e. The molecule has 0 spiro atoms. The fourth-order valence-electron chi connectivity index (χ4n) is 1.79. The van der Waals surface area contributed by atoms with Gasteiger partial charge in [0.05, 0.1) is 9.50 Å². The van der Waals surface area contributed by atoms with E-state index in [-0.39, 0.29) is 11.6 Å². The van der Waals surface area contributed by atoms with Crippen LogP contribution in [0.3, 0.4) is 0 Å². The van der Waals surface area contributed by atoms with Crippen LogP contribution >= 0.6 is 27.5 Å². The molecule has 2 aromatic rings. The largest absolute Gasteiger partial charge is 0.484 e. The average Bonchev–Trinajstić information content (AvgIpc) is 2.74. The van der Waals surface area contributed by atoms with E-state index in [9.17, 15) is 4.39 Å². The molecule has 0 aliphatic heterocycles. The molecule has 20 heavy (non-hydrogen) atoms. The number of hydrogen-bond acceptors (Lipinski definition) is 3. The number of rotatable bonds is 5. The summed E-state index contributed by atoms with van der Waals surface area (Å²) < 4.78 is 25.1. The number of ether oxygens (including phenoxy) is 1. The summed E-state index contributed by atoms with van der Waals surface area (Å²) in [4.78, 5) is 0. The Morgan fingerprint density at radius 2 is 2.15 bits per heavy atom. The van der Waals surface area contributed by atoms with Crippen molar-refractivity contribution in [3.63, 3.8) is 0 Å². The molecule has 0 saturated heterocycles. The first-order valence-electron chi connectivity index (χ1n) is 6.01. The fourth-order valence-corrected chi connectivity index (χ4v) is 2.54. The molecular weight excluding hydrogens is 349 g/mol. The van der Waals surface area contributed by atoms with Crippen molar-refractivity contribution < 1.29 is 13.5 Å². The van der Waals surface area contributed by atoms with Gasteiger partial charge in [-0.15, -0.1) is 0 Å². The minimum Gasteiger partial charge on any atom is -0.484 e. The zero-order chi connectivity index (χ0) is 14.7. The van der Waals surface area contributed by atoms with Crippen molar-refractivity contribution in [3.8, 4) is 5.75 Å². The van der Waals surface area contributed by atoms with Gasteiger partial charge >= 0.3 is 0 Å².